The van der Waals surface area contributed by atoms with Gasteiger partial charge in [0, 0.05) is 33.8 Å². The van der Waals surface area contributed by atoms with Crippen LogP contribution in [0.3, 0.4) is 0 Å². The average Bonchev–Trinajstić information content (AvgIpc) is 3.77. The van der Waals surface area contributed by atoms with Crippen molar-refractivity contribution in [3.05, 3.63) is 314 Å². The van der Waals surface area contributed by atoms with E-state index in [0.29, 0.717) is 37.8 Å². The van der Waals surface area contributed by atoms with Crippen molar-refractivity contribution in [1.82, 2.24) is 0 Å². The van der Waals surface area contributed by atoms with Gasteiger partial charge in [0.2, 0.25) is 0 Å². The molecule has 0 N–H and O–H groups in total. The zero-order valence-corrected chi connectivity index (χ0v) is 42.9. The van der Waals surface area contributed by atoms with E-state index >= 15 is 9.13 Å². The number of para-hydroxylation sites is 2. The minimum absolute atomic E-state index is 0.542. The van der Waals surface area contributed by atoms with Gasteiger partial charge in [0.15, 0.2) is 20.1 Å². The van der Waals surface area contributed by atoms with Gasteiger partial charge in [-0.3, -0.25) is 4.90 Å². The van der Waals surface area contributed by atoms with Crippen LogP contribution in [-0.4, -0.2) is 10.9 Å². The van der Waals surface area contributed by atoms with Crippen molar-refractivity contribution in [3.8, 4) is 0 Å². The van der Waals surface area contributed by atoms with Crippen molar-refractivity contribution < 1.29 is 9.13 Å². The Labute approximate surface area is 424 Å². The lowest BCUT2D eigenvalue weighted by Gasteiger charge is -2.39. The molecule has 11 rings (SSSR count). The molecule has 4 nitrogen and oxygen atoms in total. The maximum atomic E-state index is 18.6. The first-order chi connectivity index (χ1) is 35.5. The predicted octanol–water partition coefficient (Wildman–Crippen LogP) is 13.3. The van der Waals surface area contributed by atoms with Crippen molar-refractivity contribution in [3.63, 3.8) is 0 Å². The second-order valence-corrected chi connectivity index (χ2v) is 28.8. The molecule has 0 atom stereocenters. The van der Waals surface area contributed by atoms with Gasteiger partial charge < -0.3 is 9.13 Å². The van der Waals surface area contributed by atoms with Gasteiger partial charge >= 0.3 is 0 Å². The van der Waals surface area contributed by atoms with Crippen LogP contribution < -0.4 is 47.3 Å². The molecule has 0 amide bonds. The summed E-state index contributed by atoms with van der Waals surface area (Å²) < 4.78 is 37.0. The summed E-state index contributed by atoms with van der Waals surface area (Å²) in [7, 11) is -9.80. The van der Waals surface area contributed by atoms with Crippen LogP contribution in [-0.2, 0) is 9.13 Å². The summed E-state index contributed by atoms with van der Waals surface area (Å²) in [6.07, 6.45) is 0. The molecular formula is C64H50N2O2P4. The Hall–Kier alpha value is -7.40. The number of hydrogen-bond donors (Lipinski definition) is 0. The van der Waals surface area contributed by atoms with Gasteiger partial charge in [-0.25, -0.2) is 4.99 Å². The molecule has 0 saturated heterocycles. The highest BCUT2D eigenvalue weighted by Crippen LogP contribution is 2.77. The third kappa shape index (κ3) is 8.36. The summed E-state index contributed by atoms with van der Waals surface area (Å²) in [5.41, 5.74) is 2.34. The number of hydrogen-bond acceptors (Lipinski definition) is 3. The molecule has 348 valence electrons. The lowest BCUT2D eigenvalue weighted by molar-refractivity contribution is 0.591. The molecule has 10 aromatic rings. The SMILES string of the molecule is O=P(C1=P(c2ccccc2)(c2ccccc2)/C(=C(\P(c2ccccc2)c2ccccc2)P(=O)(c2ccccc2)c2ccccc2)N(c2ccccc2)C1=Nc1ccccc1)(c1ccccc1)c1ccccc1. The van der Waals surface area contributed by atoms with Crippen molar-refractivity contribution in [1.29, 1.82) is 0 Å². The average molecular weight is 1000 g/mol. The third-order valence-corrected chi connectivity index (χ3v) is 28.6. The fourth-order valence-electron chi connectivity index (χ4n) is 9.96. The molecule has 0 bridgehead atoms. The quantitative estimate of drug-likeness (QED) is 0.108. The topological polar surface area (TPSA) is 49.7 Å². The van der Waals surface area contributed by atoms with Crippen LogP contribution in [0.2, 0.25) is 0 Å². The molecule has 0 unspecified atom stereocenters. The molecule has 8 heteroatoms. The van der Waals surface area contributed by atoms with E-state index < -0.39 is 29.1 Å². The Bertz CT molecular complexity index is 3490. The van der Waals surface area contributed by atoms with Gasteiger partial charge in [0.05, 0.1) is 21.2 Å². The van der Waals surface area contributed by atoms with Gasteiger partial charge in [0.1, 0.15) is 0 Å². The lowest BCUT2D eigenvalue weighted by atomic mass is 10.3. The van der Waals surface area contributed by atoms with Crippen LogP contribution in [0.1, 0.15) is 0 Å². The smallest absolute Gasteiger partial charge is 0.175 e. The summed E-state index contributed by atoms with van der Waals surface area (Å²) in [6.45, 7) is -3.65. The lowest BCUT2D eigenvalue weighted by Crippen LogP contribution is -2.34. The summed E-state index contributed by atoms with van der Waals surface area (Å²) >= 11 is 0. The highest BCUT2D eigenvalue weighted by atomic mass is 31.2. The van der Waals surface area contributed by atoms with Crippen molar-refractivity contribution in [2.75, 3.05) is 4.90 Å². The molecule has 0 saturated carbocycles. The molecule has 0 radical (unpaired) electrons. The van der Waals surface area contributed by atoms with E-state index in [-0.39, 0.29) is 0 Å². The van der Waals surface area contributed by atoms with E-state index in [2.05, 4.69) is 126 Å². The molecule has 0 fully saturated rings. The minimum atomic E-state index is -4.05. The minimum Gasteiger partial charge on any atom is -0.308 e. The van der Waals surface area contributed by atoms with Gasteiger partial charge in [-0.15, -0.1) is 0 Å². The summed E-state index contributed by atoms with van der Waals surface area (Å²) in [4.78, 5) is 8.17. The van der Waals surface area contributed by atoms with Crippen LogP contribution in [0.4, 0.5) is 11.4 Å². The normalized spacial score (nSPS) is 14.9. The highest BCUT2D eigenvalue weighted by molar-refractivity contribution is 8.14. The van der Waals surface area contributed by atoms with Gasteiger partial charge in [0.25, 0.3) is 0 Å². The Balaban J connectivity index is 1.54. The maximum Gasteiger partial charge on any atom is 0.175 e. The summed E-state index contributed by atoms with van der Waals surface area (Å²) in [5.74, 6) is 0.542. The van der Waals surface area contributed by atoms with E-state index in [1.54, 1.807) is 0 Å². The zero-order chi connectivity index (χ0) is 48.8. The van der Waals surface area contributed by atoms with E-state index in [4.69, 9.17) is 4.99 Å². The van der Waals surface area contributed by atoms with Crippen LogP contribution >= 0.6 is 29.1 Å². The van der Waals surface area contributed by atoms with E-state index in [9.17, 15) is 0 Å². The maximum absolute atomic E-state index is 18.6. The zero-order valence-electron chi connectivity index (χ0n) is 39.4. The Morgan fingerprint density at radius 2 is 0.694 bits per heavy atom. The number of nitrogens with zero attached hydrogens (tertiary/aromatic N) is 2. The Kier molecular flexibility index (Phi) is 13.5. The number of anilines is 1. The second kappa shape index (κ2) is 20.7. The fourth-order valence-corrected chi connectivity index (χ4v) is 28.2. The van der Waals surface area contributed by atoms with Crippen molar-refractivity contribution >= 4 is 93.8 Å². The first-order valence-corrected chi connectivity index (χ1v) is 30.5. The van der Waals surface area contributed by atoms with Crippen LogP contribution in [0.5, 0.6) is 0 Å². The van der Waals surface area contributed by atoms with Crippen LogP contribution in [0, 0.1) is 0 Å². The molecule has 0 aliphatic carbocycles. The first-order valence-electron chi connectivity index (χ1n) is 24.0. The molecule has 1 aliphatic rings. The van der Waals surface area contributed by atoms with E-state index in [1.165, 1.54) is 0 Å². The number of aliphatic imine (C=N–C) groups is 1. The molecule has 1 heterocycles. The fraction of sp³-hybridized carbons (Fsp3) is 0. The summed E-state index contributed by atoms with van der Waals surface area (Å²) in [5, 5.41) is 8.25. The molecule has 1 aliphatic heterocycles. The predicted molar refractivity (Wildman–Crippen MR) is 312 cm³/mol. The van der Waals surface area contributed by atoms with Gasteiger partial charge in [-0.1, -0.05) is 279 Å². The third-order valence-electron chi connectivity index (χ3n) is 13.1. The van der Waals surface area contributed by atoms with Gasteiger partial charge in [-0.2, -0.15) is 0 Å². The second-order valence-electron chi connectivity index (χ2n) is 17.3. The number of rotatable bonds is 13. The largest absolute Gasteiger partial charge is 0.308 e. The molecule has 10 aromatic carbocycles. The monoisotopic (exact) mass is 1000 g/mol. The van der Waals surface area contributed by atoms with Crippen molar-refractivity contribution in [2.24, 2.45) is 4.99 Å². The molecule has 0 spiro atoms. The standard InChI is InChI=1S/C64H50N2O2P4/c67-71(57-43-23-7-24-44-57,58-45-25-8-26-46-58)63(69(53-35-15-3-16-36-53)54-37-17-4-18-38-54)62-66(52-33-13-2-14-34-52)61(65-51-31-11-1-12-32-51)64(70(62,55-39-19-5-20-40-55)56-41-21-6-22-42-56)72(68,59-47-27-9-28-48-59)60-49-29-10-30-50-60/h1-50H/b63-62+,65-61?. The van der Waals surface area contributed by atoms with E-state index in [1.807, 2.05) is 182 Å². The van der Waals surface area contributed by atoms with Crippen LogP contribution in [0.15, 0.2) is 319 Å². The van der Waals surface area contributed by atoms with E-state index in [0.717, 1.165) is 37.4 Å². The Morgan fingerprint density at radius 3 is 1.08 bits per heavy atom. The van der Waals surface area contributed by atoms with Gasteiger partial charge in [-0.05, 0) is 53.4 Å². The first kappa shape index (κ1) is 47.0. The highest BCUT2D eigenvalue weighted by Gasteiger charge is 2.57. The Morgan fingerprint density at radius 1 is 0.375 bits per heavy atom. The number of amidine groups is 1. The number of benzene rings is 10. The molecular weight excluding hydrogens is 953 g/mol. The molecule has 72 heavy (non-hydrogen) atoms. The summed E-state index contributed by atoms with van der Waals surface area (Å²) in [6, 6.07) is 103. The van der Waals surface area contributed by atoms with Crippen molar-refractivity contribution in [2.45, 2.75) is 0 Å². The molecule has 0 aromatic heterocycles. The van der Waals surface area contributed by atoms with Crippen LogP contribution in [0.25, 0.3) is 0 Å².